The molecule has 6 rings (SSSR count). The van der Waals surface area contributed by atoms with Crippen molar-refractivity contribution in [3.63, 3.8) is 0 Å². The van der Waals surface area contributed by atoms with Crippen molar-refractivity contribution in [1.29, 1.82) is 5.26 Å². The Labute approximate surface area is 218 Å². The summed E-state index contributed by atoms with van der Waals surface area (Å²) in [5.74, 6) is 0. The largest absolute Gasteiger partial charge is 0.310 e. The molecule has 5 aromatic rings. The van der Waals surface area contributed by atoms with E-state index < -0.39 is 0 Å². The number of benzene rings is 3. The fourth-order valence-electron chi connectivity index (χ4n) is 5.08. The van der Waals surface area contributed by atoms with Crippen LogP contribution >= 0.6 is 22.7 Å². The maximum atomic E-state index is 9.18. The first-order valence-corrected chi connectivity index (χ1v) is 13.3. The average Bonchev–Trinajstić information content (AvgIpc) is 3.52. The number of nitriles is 1. The van der Waals surface area contributed by atoms with Gasteiger partial charge in [0.15, 0.2) is 0 Å². The molecule has 0 bridgehead atoms. The number of allylic oxidation sites excluding steroid dienone is 1. The number of para-hydroxylation sites is 2. The van der Waals surface area contributed by atoms with Crippen molar-refractivity contribution in [3.8, 4) is 16.5 Å². The van der Waals surface area contributed by atoms with Crippen molar-refractivity contribution in [2.24, 2.45) is 0 Å². The van der Waals surface area contributed by atoms with E-state index >= 15 is 0 Å². The second kappa shape index (κ2) is 8.50. The summed E-state index contributed by atoms with van der Waals surface area (Å²) in [6.07, 6.45) is 1.70. The highest BCUT2D eigenvalue weighted by atomic mass is 32.1. The number of nitrogens with zero attached hydrogens (tertiary/aromatic N) is 3. The lowest BCUT2D eigenvalue weighted by Crippen LogP contribution is -2.16. The lowest BCUT2D eigenvalue weighted by atomic mass is 9.82. The Bertz CT molecular complexity index is 1670. The Kier molecular flexibility index (Phi) is 5.27. The maximum absolute atomic E-state index is 9.18. The van der Waals surface area contributed by atoms with Gasteiger partial charge in [-0.3, -0.25) is 0 Å². The quantitative estimate of drug-likeness (QED) is 0.182. The van der Waals surface area contributed by atoms with E-state index in [4.69, 9.17) is 6.57 Å². The van der Waals surface area contributed by atoms with Crippen molar-refractivity contribution >= 4 is 55.2 Å². The van der Waals surface area contributed by atoms with E-state index in [1.807, 2.05) is 29.5 Å². The fraction of sp³-hybridized carbons (Fsp3) is 0.0968. The summed E-state index contributed by atoms with van der Waals surface area (Å²) in [6, 6.07) is 31.9. The van der Waals surface area contributed by atoms with Crippen LogP contribution in [0.15, 0.2) is 90.6 Å². The molecule has 3 aromatic carbocycles. The van der Waals surface area contributed by atoms with E-state index in [0.717, 1.165) is 21.9 Å². The Morgan fingerprint density at radius 1 is 0.917 bits per heavy atom. The van der Waals surface area contributed by atoms with Gasteiger partial charge in [-0.15, -0.1) is 22.7 Å². The number of thiophene rings is 2. The molecule has 2 aromatic heterocycles. The summed E-state index contributed by atoms with van der Waals surface area (Å²) in [5.41, 5.74) is 7.31. The van der Waals surface area contributed by atoms with Crippen LogP contribution in [0.2, 0.25) is 0 Å². The number of rotatable bonds is 4. The molecule has 1 aliphatic rings. The zero-order valence-electron chi connectivity index (χ0n) is 19.8. The van der Waals surface area contributed by atoms with Crippen LogP contribution in [0.25, 0.3) is 30.8 Å². The molecule has 0 atom stereocenters. The molecule has 172 valence electrons. The molecule has 2 heterocycles. The van der Waals surface area contributed by atoms with Crippen LogP contribution in [-0.4, -0.2) is 0 Å². The van der Waals surface area contributed by atoms with E-state index in [0.29, 0.717) is 0 Å². The lowest BCUT2D eigenvalue weighted by Gasteiger charge is -2.28. The van der Waals surface area contributed by atoms with Gasteiger partial charge in [0, 0.05) is 36.9 Å². The Hall–Kier alpha value is -4.16. The van der Waals surface area contributed by atoms with Gasteiger partial charge in [0.05, 0.1) is 17.3 Å². The van der Waals surface area contributed by atoms with Crippen LogP contribution in [0.5, 0.6) is 0 Å². The van der Waals surface area contributed by atoms with Crippen LogP contribution in [-0.2, 0) is 5.41 Å². The molecule has 0 radical (unpaired) electrons. The van der Waals surface area contributed by atoms with Gasteiger partial charge in [-0.25, -0.2) is 10.1 Å². The zero-order chi connectivity index (χ0) is 24.9. The van der Waals surface area contributed by atoms with Crippen molar-refractivity contribution in [2.45, 2.75) is 19.3 Å². The Morgan fingerprint density at radius 2 is 1.58 bits per heavy atom. The molecule has 3 nitrogen and oxygen atoms in total. The van der Waals surface area contributed by atoms with Crippen molar-refractivity contribution in [3.05, 3.63) is 118 Å². The van der Waals surface area contributed by atoms with Crippen LogP contribution in [0.1, 0.15) is 29.9 Å². The molecule has 0 N–H and O–H groups in total. The summed E-state index contributed by atoms with van der Waals surface area (Å²) in [7, 11) is 0. The minimum absolute atomic E-state index is 0.120. The number of hydrogen-bond acceptors (Lipinski definition) is 4. The average molecular weight is 500 g/mol. The number of anilines is 3. The predicted molar refractivity (Wildman–Crippen MR) is 152 cm³/mol. The standard InChI is InChI=1S/C31H21N3S2/c1-31(2)26-17-23(34(21-10-6-4-7-11-21)22-12-8-5-9-13-22)14-15-25(26)29-28(31)30-27(36-29)18-24(35-30)16-20(19-32)33-3/h4-18H,1-2H3/b20-16-. The molecular weight excluding hydrogens is 478 g/mol. The minimum Gasteiger partial charge on any atom is -0.310 e. The van der Waals surface area contributed by atoms with E-state index in [1.165, 1.54) is 31.0 Å². The van der Waals surface area contributed by atoms with E-state index in [1.54, 1.807) is 17.4 Å². The number of fused-ring (bicyclic) bond motifs is 5. The maximum Gasteiger partial charge on any atom is 0.263 e. The van der Waals surface area contributed by atoms with Gasteiger partial charge in [-0.2, -0.15) is 0 Å². The first-order valence-electron chi connectivity index (χ1n) is 11.6. The highest BCUT2D eigenvalue weighted by Gasteiger charge is 2.40. The third kappa shape index (κ3) is 3.45. The van der Waals surface area contributed by atoms with Crippen LogP contribution in [0.3, 0.4) is 0 Å². The monoisotopic (exact) mass is 499 g/mol. The van der Waals surface area contributed by atoms with Crippen LogP contribution in [0, 0.1) is 17.9 Å². The second-order valence-corrected chi connectivity index (χ2v) is 11.4. The molecule has 0 saturated heterocycles. The van der Waals surface area contributed by atoms with Crippen molar-refractivity contribution < 1.29 is 0 Å². The highest BCUT2D eigenvalue weighted by molar-refractivity contribution is 7.30. The summed E-state index contributed by atoms with van der Waals surface area (Å²) in [5, 5.41) is 9.18. The molecule has 0 aliphatic heterocycles. The molecule has 5 heteroatoms. The summed E-state index contributed by atoms with van der Waals surface area (Å²) >= 11 is 3.48. The topological polar surface area (TPSA) is 31.4 Å². The lowest BCUT2D eigenvalue weighted by molar-refractivity contribution is 0.668. The molecular formula is C31H21N3S2. The number of hydrogen-bond donors (Lipinski definition) is 0. The summed E-state index contributed by atoms with van der Waals surface area (Å²) < 4.78 is 2.48. The van der Waals surface area contributed by atoms with Gasteiger partial charge in [-0.1, -0.05) is 56.3 Å². The molecule has 0 spiro atoms. The smallest absolute Gasteiger partial charge is 0.263 e. The highest BCUT2D eigenvalue weighted by Crippen LogP contribution is 2.58. The van der Waals surface area contributed by atoms with Crippen molar-refractivity contribution in [1.82, 2.24) is 0 Å². The van der Waals surface area contributed by atoms with Gasteiger partial charge in [-0.05, 0) is 65.2 Å². The van der Waals surface area contributed by atoms with Crippen LogP contribution in [0.4, 0.5) is 17.1 Å². The van der Waals surface area contributed by atoms with Gasteiger partial charge >= 0.3 is 0 Å². The molecule has 0 unspecified atom stereocenters. The fourth-order valence-corrected chi connectivity index (χ4v) is 8.02. The third-order valence-electron chi connectivity index (χ3n) is 6.73. The molecule has 1 aliphatic carbocycles. The van der Waals surface area contributed by atoms with Gasteiger partial charge in [0.1, 0.15) is 0 Å². The predicted octanol–water partition coefficient (Wildman–Crippen LogP) is 9.52. The molecule has 0 saturated carbocycles. The van der Waals surface area contributed by atoms with Gasteiger partial charge in [0.2, 0.25) is 0 Å². The summed E-state index contributed by atoms with van der Waals surface area (Å²) in [4.78, 5) is 7.91. The normalized spacial score (nSPS) is 13.6. The van der Waals surface area contributed by atoms with E-state index in [9.17, 15) is 5.26 Å². The summed E-state index contributed by atoms with van der Waals surface area (Å²) in [6.45, 7) is 11.8. The molecule has 36 heavy (non-hydrogen) atoms. The molecule has 0 amide bonds. The second-order valence-electron chi connectivity index (χ2n) is 9.26. The minimum atomic E-state index is -0.165. The molecule has 0 fully saturated rings. The first kappa shape index (κ1) is 22.3. The first-order chi connectivity index (χ1) is 17.5. The Balaban J connectivity index is 1.49. The third-order valence-corrected chi connectivity index (χ3v) is 9.13. The van der Waals surface area contributed by atoms with Gasteiger partial charge in [0.25, 0.3) is 5.70 Å². The zero-order valence-corrected chi connectivity index (χ0v) is 21.5. The van der Waals surface area contributed by atoms with E-state index in [-0.39, 0.29) is 11.1 Å². The SMILES string of the molecule is [C-]#[N+]/C(C#N)=C\c1cc2sc3c(c2s1)C(C)(C)c1cc(N(c2ccccc2)c2ccccc2)ccc1-3. The Morgan fingerprint density at radius 3 is 2.19 bits per heavy atom. The van der Waals surface area contributed by atoms with E-state index in [2.05, 4.69) is 96.4 Å². The van der Waals surface area contributed by atoms with Gasteiger partial charge < -0.3 is 4.90 Å². The van der Waals surface area contributed by atoms with Crippen molar-refractivity contribution in [2.75, 3.05) is 4.90 Å². The van der Waals surface area contributed by atoms with Crippen LogP contribution < -0.4 is 4.90 Å².